The molecule has 2 aromatic carbocycles. The van der Waals surface area contributed by atoms with Crippen LogP contribution in [0.15, 0.2) is 54.7 Å². The van der Waals surface area contributed by atoms with Crippen LogP contribution in [0.25, 0.3) is 22.0 Å². The van der Waals surface area contributed by atoms with Gasteiger partial charge in [0.1, 0.15) is 0 Å². The molecule has 3 aromatic rings. The standard InChI is InChI=1S/C15H9ClN/c16-14-9-2-1-7-12(14)13-8-3-5-11-6-4-10-17-15(11)13/h2-10H. The molecule has 0 bridgehead atoms. The fourth-order valence-electron chi connectivity index (χ4n) is 1.94. The van der Waals surface area contributed by atoms with Gasteiger partial charge < -0.3 is 0 Å². The number of nitrogens with zero attached hydrogens (tertiary/aromatic N) is 1. The van der Waals surface area contributed by atoms with Crippen molar-refractivity contribution in [1.29, 1.82) is 0 Å². The van der Waals surface area contributed by atoms with Gasteiger partial charge in [-0.3, -0.25) is 4.98 Å². The van der Waals surface area contributed by atoms with Crippen molar-refractivity contribution < 1.29 is 0 Å². The number of halogens is 1. The van der Waals surface area contributed by atoms with Crippen LogP contribution in [0, 0.1) is 6.07 Å². The van der Waals surface area contributed by atoms with E-state index in [9.17, 15) is 0 Å². The highest BCUT2D eigenvalue weighted by Crippen LogP contribution is 2.31. The van der Waals surface area contributed by atoms with Crippen molar-refractivity contribution in [2.75, 3.05) is 0 Å². The Hall–Kier alpha value is -1.86. The van der Waals surface area contributed by atoms with Gasteiger partial charge in [0.15, 0.2) is 0 Å². The van der Waals surface area contributed by atoms with Crippen LogP contribution in [0.5, 0.6) is 0 Å². The van der Waals surface area contributed by atoms with Crippen LogP contribution in [-0.2, 0) is 0 Å². The third-order valence-electron chi connectivity index (χ3n) is 2.73. The summed E-state index contributed by atoms with van der Waals surface area (Å²) in [6, 6.07) is 18.7. The van der Waals surface area contributed by atoms with Gasteiger partial charge >= 0.3 is 0 Å². The third kappa shape index (κ3) is 1.79. The zero-order chi connectivity index (χ0) is 11.7. The maximum absolute atomic E-state index is 6.21. The van der Waals surface area contributed by atoms with Crippen molar-refractivity contribution in [3.05, 3.63) is 65.8 Å². The average Bonchev–Trinajstić information content (AvgIpc) is 2.39. The predicted octanol–water partition coefficient (Wildman–Crippen LogP) is 4.36. The van der Waals surface area contributed by atoms with Crippen LogP contribution in [0.4, 0.5) is 0 Å². The molecular formula is C15H9ClN. The van der Waals surface area contributed by atoms with Gasteiger partial charge in [0.25, 0.3) is 0 Å². The molecule has 1 aromatic heterocycles. The number of benzene rings is 2. The topological polar surface area (TPSA) is 12.9 Å². The van der Waals surface area contributed by atoms with Crippen molar-refractivity contribution in [3.63, 3.8) is 0 Å². The molecule has 17 heavy (non-hydrogen) atoms. The Labute approximate surface area is 105 Å². The molecule has 0 spiro atoms. The minimum absolute atomic E-state index is 0.724. The van der Waals surface area contributed by atoms with Crippen molar-refractivity contribution >= 4 is 22.5 Å². The molecule has 0 atom stereocenters. The second-order valence-electron chi connectivity index (χ2n) is 3.79. The molecule has 1 radical (unpaired) electrons. The summed E-state index contributed by atoms with van der Waals surface area (Å²) in [4.78, 5) is 4.43. The monoisotopic (exact) mass is 238 g/mol. The van der Waals surface area contributed by atoms with E-state index >= 15 is 0 Å². The number of aromatic nitrogens is 1. The zero-order valence-corrected chi connectivity index (χ0v) is 9.78. The first kappa shape index (κ1) is 10.3. The molecule has 0 aliphatic rings. The van der Waals surface area contributed by atoms with E-state index in [0.717, 1.165) is 27.1 Å². The first-order chi connectivity index (χ1) is 8.36. The highest BCUT2D eigenvalue weighted by atomic mass is 35.5. The summed E-state index contributed by atoms with van der Waals surface area (Å²) < 4.78 is 0. The smallest absolute Gasteiger partial charge is 0.0780 e. The molecule has 1 nitrogen and oxygen atoms in total. The van der Waals surface area contributed by atoms with Gasteiger partial charge in [0.05, 0.1) is 5.52 Å². The number of rotatable bonds is 1. The van der Waals surface area contributed by atoms with Crippen LogP contribution >= 0.6 is 11.6 Å². The van der Waals surface area contributed by atoms with E-state index in [-0.39, 0.29) is 0 Å². The van der Waals surface area contributed by atoms with E-state index < -0.39 is 0 Å². The molecule has 1 heterocycles. The number of para-hydroxylation sites is 1. The minimum Gasteiger partial charge on any atom is -0.256 e. The summed E-state index contributed by atoms with van der Waals surface area (Å²) in [5, 5.41) is 1.84. The molecule has 81 valence electrons. The van der Waals surface area contributed by atoms with Crippen molar-refractivity contribution in [2.45, 2.75) is 0 Å². The third-order valence-corrected chi connectivity index (χ3v) is 3.06. The lowest BCUT2D eigenvalue weighted by molar-refractivity contribution is 1.41. The summed E-state index contributed by atoms with van der Waals surface area (Å²) in [6.07, 6.45) is 1.80. The molecule has 0 N–H and O–H groups in total. The molecule has 0 amide bonds. The Morgan fingerprint density at radius 1 is 1.00 bits per heavy atom. The lowest BCUT2D eigenvalue weighted by Crippen LogP contribution is -1.85. The normalized spacial score (nSPS) is 10.6. The van der Waals surface area contributed by atoms with E-state index in [0.29, 0.717) is 0 Å². The van der Waals surface area contributed by atoms with Crippen LogP contribution in [0.3, 0.4) is 0 Å². The molecule has 0 saturated heterocycles. The van der Waals surface area contributed by atoms with Gasteiger partial charge in [-0.15, -0.1) is 0 Å². The van der Waals surface area contributed by atoms with E-state index in [1.807, 2.05) is 48.5 Å². The van der Waals surface area contributed by atoms with Gasteiger partial charge in [-0.25, -0.2) is 0 Å². The summed E-state index contributed by atoms with van der Waals surface area (Å²) in [6.45, 7) is 0. The molecule has 2 heteroatoms. The maximum atomic E-state index is 6.21. The van der Waals surface area contributed by atoms with Crippen LogP contribution in [0.2, 0.25) is 5.02 Å². The number of fused-ring (bicyclic) bond motifs is 1. The summed E-state index contributed by atoms with van der Waals surface area (Å²) >= 11 is 6.21. The van der Waals surface area contributed by atoms with Gasteiger partial charge in [-0.05, 0) is 24.3 Å². The Morgan fingerprint density at radius 3 is 2.76 bits per heavy atom. The van der Waals surface area contributed by atoms with Gasteiger partial charge in [0, 0.05) is 27.7 Å². The first-order valence-corrected chi connectivity index (χ1v) is 5.74. The van der Waals surface area contributed by atoms with E-state index in [1.165, 1.54) is 0 Å². The first-order valence-electron chi connectivity index (χ1n) is 5.36. The van der Waals surface area contributed by atoms with Crippen molar-refractivity contribution in [2.24, 2.45) is 0 Å². The highest BCUT2D eigenvalue weighted by Gasteiger charge is 2.07. The zero-order valence-electron chi connectivity index (χ0n) is 9.02. The fourth-order valence-corrected chi connectivity index (χ4v) is 2.16. The largest absolute Gasteiger partial charge is 0.256 e. The highest BCUT2D eigenvalue weighted by molar-refractivity contribution is 6.33. The van der Waals surface area contributed by atoms with E-state index in [2.05, 4.69) is 11.1 Å². The van der Waals surface area contributed by atoms with Crippen LogP contribution < -0.4 is 0 Å². The molecule has 0 saturated carbocycles. The lowest BCUT2D eigenvalue weighted by atomic mass is 10.0. The Kier molecular flexibility index (Phi) is 2.54. The predicted molar refractivity (Wildman–Crippen MR) is 71.0 cm³/mol. The molecular weight excluding hydrogens is 230 g/mol. The molecule has 0 fully saturated rings. The van der Waals surface area contributed by atoms with E-state index in [4.69, 9.17) is 11.6 Å². The van der Waals surface area contributed by atoms with Crippen molar-refractivity contribution in [3.8, 4) is 11.1 Å². The molecule has 3 rings (SSSR count). The molecule has 0 unspecified atom stereocenters. The Balaban J connectivity index is 2.35. The molecule has 0 aliphatic carbocycles. The SMILES string of the molecule is Clc1cc[c]cc1-c1cccc2cccnc12. The Morgan fingerprint density at radius 2 is 1.88 bits per heavy atom. The lowest BCUT2D eigenvalue weighted by Gasteiger charge is -2.07. The summed E-state index contributed by atoms with van der Waals surface area (Å²) in [5.74, 6) is 0. The van der Waals surface area contributed by atoms with Gasteiger partial charge in [-0.2, -0.15) is 0 Å². The second kappa shape index (κ2) is 4.19. The number of hydrogen-bond acceptors (Lipinski definition) is 1. The Bertz CT molecular complexity index is 671. The number of hydrogen-bond donors (Lipinski definition) is 0. The number of pyridine rings is 1. The fraction of sp³-hybridized carbons (Fsp3) is 0. The maximum Gasteiger partial charge on any atom is 0.0780 e. The average molecular weight is 239 g/mol. The molecule has 0 aliphatic heterocycles. The van der Waals surface area contributed by atoms with Gasteiger partial charge in [-0.1, -0.05) is 41.9 Å². The second-order valence-corrected chi connectivity index (χ2v) is 4.19. The van der Waals surface area contributed by atoms with Gasteiger partial charge in [0.2, 0.25) is 0 Å². The van der Waals surface area contributed by atoms with Crippen LogP contribution in [-0.4, -0.2) is 4.98 Å². The minimum atomic E-state index is 0.724. The van der Waals surface area contributed by atoms with E-state index in [1.54, 1.807) is 6.20 Å². The summed E-state index contributed by atoms with van der Waals surface area (Å²) in [5.41, 5.74) is 2.99. The van der Waals surface area contributed by atoms with Crippen LogP contribution in [0.1, 0.15) is 0 Å². The quantitative estimate of drug-likeness (QED) is 0.614. The summed E-state index contributed by atoms with van der Waals surface area (Å²) in [7, 11) is 0. The van der Waals surface area contributed by atoms with Crippen molar-refractivity contribution in [1.82, 2.24) is 4.98 Å².